The lowest BCUT2D eigenvalue weighted by Crippen LogP contribution is -2.46. The molecule has 0 radical (unpaired) electrons. The van der Waals surface area contributed by atoms with Crippen molar-refractivity contribution in [2.45, 2.75) is 44.4 Å². The fraction of sp³-hybridized carbons (Fsp3) is 0.700. The van der Waals surface area contributed by atoms with E-state index in [9.17, 15) is 9.90 Å². The summed E-state index contributed by atoms with van der Waals surface area (Å²) in [6.45, 7) is 1.54. The largest absolute Gasteiger partial charge is 0.384 e. The SMILES string of the molecule is C[C@@H](O)C(=O)N1C2C=CCC1CC2. The summed E-state index contributed by atoms with van der Waals surface area (Å²) in [5.41, 5.74) is 0. The fourth-order valence-electron chi connectivity index (χ4n) is 2.28. The van der Waals surface area contributed by atoms with Crippen molar-refractivity contribution in [2.24, 2.45) is 0 Å². The molecule has 0 aliphatic carbocycles. The van der Waals surface area contributed by atoms with Crippen LogP contribution in [0.25, 0.3) is 0 Å². The average molecular weight is 181 g/mol. The zero-order chi connectivity index (χ0) is 9.42. The zero-order valence-corrected chi connectivity index (χ0v) is 7.81. The number of nitrogens with zero attached hydrogens (tertiary/aromatic N) is 1. The third kappa shape index (κ3) is 1.37. The van der Waals surface area contributed by atoms with E-state index in [1.807, 2.05) is 4.90 Å². The molecular weight excluding hydrogens is 166 g/mol. The van der Waals surface area contributed by atoms with Crippen molar-refractivity contribution in [1.82, 2.24) is 4.90 Å². The van der Waals surface area contributed by atoms with Gasteiger partial charge in [-0.15, -0.1) is 0 Å². The van der Waals surface area contributed by atoms with Gasteiger partial charge in [0.25, 0.3) is 5.91 Å². The number of fused-ring (bicyclic) bond motifs is 2. The predicted molar refractivity (Wildman–Crippen MR) is 49.1 cm³/mol. The molecule has 2 aliphatic heterocycles. The van der Waals surface area contributed by atoms with Gasteiger partial charge in [-0.05, 0) is 26.2 Å². The van der Waals surface area contributed by atoms with Crippen LogP contribution in [0.2, 0.25) is 0 Å². The van der Waals surface area contributed by atoms with Crippen molar-refractivity contribution in [1.29, 1.82) is 0 Å². The van der Waals surface area contributed by atoms with Crippen molar-refractivity contribution in [3.05, 3.63) is 12.2 Å². The van der Waals surface area contributed by atoms with Gasteiger partial charge in [-0.25, -0.2) is 0 Å². The van der Waals surface area contributed by atoms with Crippen molar-refractivity contribution in [3.63, 3.8) is 0 Å². The van der Waals surface area contributed by atoms with Crippen LogP contribution in [-0.4, -0.2) is 34.1 Å². The molecule has 72 valence electrons. The molecule has 0 aromatic carbocycles. The van der Waals surface area contributed by atoms with Gasteiger partial charge < -0.3 is 10.0 Å². The van der Waals surface area contributed by atoms with Crippen LogP contribution in [0.5, 0.6) is 0 Å². The van der Waals surface area contributed by atoms with Crippen molar-refractivity contribution >= 4 is 5.91 Å². The molecule has 0 aromatic heterocycles. The lowest BCUT2D eigenvalue weighted by molar-refractivity contribution is -0.141. The second-order valence-electron chi connectivity index (χ2n) is 3.88. The van der Waals surface area contributed by atoms with Crippen molar-refractivity contribution < 1.29 is 9.90 Å². The second kappa shape index (κ2) is 3.14. The van der Waals surface area contributed by atoms with Gasteiger partial charge in [0.1, 0.15) is 6.10 Å². The number of carbonyl (C=O) groups is 1. The van der Waals surface area contributed by atoms with E-state index in [-0.39, 0.29) is 11.9 Å². The minimum Gasteiger partial charge on any atom is -0.384 e. The van der Waals surface area contributed by atoms with Crippen molar-refractivity contribution in [3.8, 4) is 0 Å². The molecule has 3 nitrogen and oxygen atoms in total. The number of aliphatic hydroxyl groups is 1. The minimum absolute atomic E-state index is 0.114. The van der Waals surface area contributed by atoms with Crippen LogP contribution in [0.4, 0.5) is 0 Å². The summed E-state index contributed by atoms with van der Waals surface area (Å²) in [6.07, 6.45) is 6.47. The molecule has 2 rings (SSSR count). The summed E-state index contributed by atoms with van der Waals surface area (Å²) in [5.74, 6) is -0.114. The third-order valence-corrected chi connectivity index (χ3v) is 2.92. The van der Waals surface area contributed by atoms with E-state index >= 15 is 0 Å². The van der Waals surface area contributed by atoms with E-state index < -0.39 is 6.10 Å². The summed E-state index contributed by atoms with van der Waals surface area (Å²) >= 11 is 0. The van der Waals surface area contributed by atoms with Gasteiger partial charge in [-0.2, -0.15) is 0 Å². The summed E-state index contributed by atoms with van der Waals surface area (Å²) in [7, 11) is 0. The lowest BCUT2D eigenvalue weighted by Gasteiger charge is -2.32. The van der Waals surface area contributed by atoms with Crippen LogP contribution >= 0.6 is 0 Å². The quantitative estimate of drug-likeness (QED) is 0.604. The molecule has 2 heterocycles. The van der Waals surface area contributed by atoms with Gasteiger partial charge in [0.2, 0.25) is 0 Å². The zero-order valence-electron chi connectivity index (χ0n) is 7.81. The molecular formula is C10H15NO2. The van der Waals surface area contributed by atoms with Gasteiger partial charge in [0, 0.05) is 6.04 Å². The molecule has 2 unspecified atom stereocenters. The van der Waals surface area contributed by atoms with Crippen LogP contribution in [0.3, 0.4) is 0 Å². The van der Waals surface area contributed by atoms with E-state index in [1.165, 1.54) is 0 Å². The maximum atomic E-state index is 11.6. The van der Waals surface area contributed by atoms with Gasteiger partial charge in [-0.1, -0.05) is 12.2 Å². The average Bonchev–Trinajstić information content (AvgIpc) is 2.34. The number of hydrogen-bond donors (Lipinski definition) is 1. The van der Waals surface area contributed by atoms with Crippen LogP contribution in [0.1, 0.15) is 26.2 Å². The summed E-state index contributed by atoms with van der Waals surface area (Å²) in [4.78, 5) is 13.5. The Labute approximate surface area is 78.0 Å². The maximum Gasteiger partial charge on any atom is 0.251 e. The van der Waals surface area contributed by atoms with Crippen LogP contribution in [-0.2, 0) is 4.79 Å². The predicted octanol–water partition coefficient (Wildman–Crippen LogP) is 0.687. The van der Waals surface area contributed by atoms with Crippen molar-refractivity contribution in [2.75, 3.05) is 0 Å². The first-order valence-corrected chi connectivity index (χ1v) is 4.87. The highest BCUT2D eigenvalue weighted by molar-refractivity contribution is 5.81. The molecule has 1 saturated heterocycles. The number of rotatable bonds is 1. The highest BCUT2D eigenvalue weighted by atomic mass is 16.3. The van der Waals surface area contributed by atoms with E-state index in [2.05, 4.69) is 12.2 Å². The van der Waals surface area contributed by atoms with E-state index in [0.717, 1.165) is 19.3 Å². The monoisotopic (exact) mass is 181 g/mol. The molecule has 0 spiro atoms. The Morgan fingerprint density at radius 1 is 1.62 bits per heavy atom. The van der Waals surface area contributed by atoms with E-state index in [4.69, 9.17) is 0 Å². The molecule has 1 N–H and O–H groups in total. The Kier molecular flexibility index (Phi) is 2.12. The summed E-state index contributed by atoms with van der Waals surface area (Å²) < 4.78 is 0. The number of amides is 1. The summed E-state index contributed by atoms with van der Waals surface area (Å²) in [6, 6.07) is 0.595. The first-order chi connectivity index (χ1) is 6.20. The van der Waals surface area contributed by atoms with Gasteiger partial charge in [0.15, 0.2) is 0 Å². The maximum absolute atomic E-state index is 11.6. The highest BCUT2D eigenvalue weighted by Gasteiger charge is 2.38. The number of aliphatic hydroxyl groups excluding tert-OH is 1. The number of hydrogen-bond acceptors (Lipinski definition) is 2. The topological polar surface area (TPSA) is 40.5 Å². The standard InChI is InChI=1S/C10H15NO2/c1-7(12)10(13)11-8-3-2-4-9(11)6-5-8/h2-3,7-9,12H,4-6H2,1H3/t7-,8?,9?/m1/s1. The van der Waals surface area contributed by atoms with E-state index in [0.29, 0.717) is 6.04 Å². The first kappa shape index (κ1) is 8.75. The smallest absolute Gasteiger partial charge is 0.251 e. The van der Waals surface area contributed by atoms with Gasteiger partial charge >= 0.3 is 0 Å². The second-order valence-corrected chi connectivity index (χ2v) is 3.88. The fourth-order valence-corrected chi connectivity index (χ4v) is 2.28. The Hall–Kier alpha value is -0.830. The molecule has 0 aromatic rings. The number of carbonyl (C=O) groups excluding carboxylic acids is 1. The normalized spacial score (nSPS) is 33.5. The van der Waals surface area contributed by atoms with Gasteiger partial charge in [-0.3, -0.25) is 4.79 Å². The van der Waals surface area contributed by atoms with Crippen LogP contribution in [0, 0.1) is 0 Å². The summed E-state index contributed by atoms with van der Waals surface area (Å²) in [5, 5.41) is 9.22. The molecule has 0 saturated carbocycles. The van der Waals surface area contributed by atoms with Crippen LogP contribution in [0.15, 0.2) is 12.2 Å². The Morgan fingerprint density at radius 2 is 2.38 bits per heavy atom. The molecule has 2 aliphatic rings. The molecule has 1 amide bonds. The molecule has 3 atom stereocenters. The highest BCUT2D eigenvalue weighted by Crippen LogP contribution is 2.31. The van der Waals surface area contributed by atoms with Gasteiger partial charge in [0.05, 0.1) is 6.04 Å². The lowest BCUT2D eigenvalue weighted by atomic mass is 10.1. The molecule has 3 heteroatoms. The molecule has 13 heavy (non-hydrogen) atoms. The first-order valence-electron chi connectivity index (χ1n) is 4.87. The molecule has 1 fully saturated rings. The Morgan fingerprint density at radius 3 is 3.00 bits per heavy atom. The van der Waals surface area contributed by atoms with Crippen LogP contribution < -0.4 is 0 Å². The Balaban J connectivity index is 2.16. The minimum atomic E-state index is -0.852. The Bertz CT molecular complexity index is 247. The van der Waals surface area contributed by atoms with E-state index in [1.54, 1.807) is 6.92 Å². The molecule has 2 bridgehead atoms. The third-order valence-electron chi connectivity index (χ3n) is 2.92.